The number of nitrogens with zero attached hydrogens (tertiary/aromatic N) is 2. The molecule has 1 unspecified atom stereocenters. The maximum absolute atomic E-state index is 12.7. The zero-order chi connectivity index (χ0) is 17.9. The van der Waals surface area contributed by atoms with E-state index < -0.39 is 0 Å². The lowest BCUT2D eigenvalue weighted by atomic mass is 10.0. The third kappa shape index (κ3) is 4.28. The second-order valence-corrected chi connectivity index (χ2v) is 7.15. The van der Waals surface area contributed by atoms with E-state index in [9.17, 15) is 4.79 Å². The highest BCUT2D eigenvalue weighted by molar-refractivity contribution is 5.95. The van der Waals surface area contributed by atoms with Gasteiger partial charge in [-0.1, -0.05) is 27.7 Å². The Morgan fingerprint density at radius 1 is 1.25 bits per heavy atom. The quantitative estimate of drug-likeness (QED) is 0.815. The smallest absolute Gasteiger partial charge is 0.255 e. The van der Waals surface area contributed by atoms with Gasteiger partial charge in [-0.15, -0.1) is 0 Å². The van der Waals surface area contributed by atoms with Gasteiger partial charge in [0.25, 0.3) is 5.91 Å². The van der Waals surface area contributed by atoms with Crippen LogP contribution in [0.1, 0.15) is 80.6 Å². The Bertz CT molecular complexity index is 683. The van der Waals surface area contributed by atoms with E-state index in [2.05, 4.69) is 38.1 Å². The van der Waals surface area contributed by atoms with Crippen molar-refractivity contribution in [2.45, 2.75) is 66.5 Å². The molecule has 0 radical (unpaired) electrons. The minimum absolute atomic E-state index is 0.101. The molecule has 0 aromatic carbocycles. The highest BCUT2D eigenvalue weighted by atomic mass is 16.3. The van der Waals surface area contributed by atoms with E-state index in [1.807, 2.05) is 30.7 Å². The Morgan fingerprint density at radius 3 is 2.50 bits per heavy atom. The summed E-state index contributed by atoms with van der Waals surface area (Å²) in [5, 5.41) is 7.46. The fourth-order valence-corrected chi connectivity index (χ4v) is 2.77. The first-order valence-electron chi connectivity index (χ1n) is 8.72. The third-order valence-corrected chi connectivity index (χ3v) is 4.13. The lowest BCUT2D eigenvalue weighted by Gasteiger charge is -2.15. The predicted octanol–water partition coefficient (Wildman–Crippen LogP) is 4.45. The first kappa shape index (κ1) is 18.3. The van der Waals surface area contributed by atoms with Crippen molar-refractivity contribution in [2.75, 3.05) is 0 Å². The van der Waals surface area contributed by atoms with E-state index in [0.717, 1.165) is 30.2 Å². The summed E-state index contributed by atoms with van der Waals surface area (Å²) >= 11 is 0. The molecule has 132 valence electrons. The molecular formula is C19H29N3O2. The van der Waals surface area contributed by atoms with Crippen LogP contribution in [-0.2, 0) is 6.54 Å². The molecule has 0 saturated carbocycles. The average Bonchev–Trinajstić information content (AvgIpc) is 3.11. The van der Waals surface area contributed by atoms with Crippen molar-refractivity contribution in [1.29, 1.82) is 0 Å². The van der Waals surface area contributed by atoms with Crippen LogP contribution in [0.2, 0.25) is 0 Å². The molecular weight excluding hydrogens is 302 g/mol. The van der Waals surface area contributed by atoms with Crippen molar-refractivity contribution >= 4 is 5.91 Å². The molecule has 0 saturated heterocycles. The van der Waals surface area contributed by atoms with Gasteiger partial charge in [-0.25, -0.2) is 0 Å². The van der Waals surface area contributed by atoms with Crippen molar-refractivity contribution < 1.29 is 9.21 Å². The Labute approximate surface area is 144 Å². The lowest BCUT2D eigenvalue weighted by Crippen LogP contribution is -2.27. The average molecular weight is 331 g/mol. The summed E-state index contributed by atoms with van der Waals surface area (Å²) in [6, 6.07) is 3.63. The maximum atomic E-state index is 12.7. The topological polar surface area (TPSA) is 60.1 Å². The number of aryl methyl sites for hydroxylation is 2. The van der Waals surface area contributed by atoms with Gasteiger partial charge in [-0.2, -0.15) is 5.10 Å². The van der Waals surface area contributed by atoms with E-state index in [1.54, 1.807) is 6.20 Å². The van der Waals surface area contributed by atoms with Crippen LogP contribution in [0, 0.1) is 12.8 Å². The predicted molar refractivity (Wildman–Crippen MR) is 95.1 cm³/mol. The van der Waals surface area contributed by atoms with Crippen LogP contribution in [0.3, 0.4) is 0 Å². The van der Waals surface area contributed by atoms with Gasteiger partial charge >= 0.3 is 0 Å². The van der Waals surface area contributed by atoms with Gasteiger partial charge < -0.3 is 9.73 Å². The molecule has 0 aliphatic carbocycles. The normalized spacial score (nSPS) is 12.8. The van der Waals surface area contributed by atoms with Gasteiger partial charge in [0.2, 0.25) is 0 Å². The number of nitrogens with one attached hydrogen (secondary N) is 1. The van der Waals surface area contributed by atoms with Crippen LogP contribution in [0.25, 0.3) is 0 Å². The summed E-state index contributed by atoms with van der Waals surface area (Å²) in [6.45, 7) is 13.2. The molecule has 2 aromatic rings. The SMILES string of the molecule is Cc1ccc(C(C)NC(=O)c2cnn(CCC(C)C)c2C(C)C)o1. The van der Waals surface area contributed by atoms with Crippen LogP contribution in [0.15, 0.2) is 22.7 Å². The lowest BCUT2D eigenvalue weighted by molar-refractivity contribution is 0.0933. The number of aromatic nitrogens is 2. The van der Waals surface area contributed by atoms with Gasteiger partial charge in [0.05, 0.1) is 23.5 Å². The van der Waals surface area contributed by atoms with Crippen LogP contribution in [-0.4, -0.2) is 15.7 Å². The molecule has 0 spiro atoms. The molecule has 24 heavy (non-hydrogen) atoms. The van der Waals surface area contributed by atoms with Crippen molar-refractivity contribution in [1.82, 2.24) is 15.1 Å². The molecule has 5 heteroatoms. The Balaban J connectivity index is 2.16. The second-order valence-electron chi connectivity index (χ2n) is 7.15. The van der Waals surface area contributed by atoms with E-state index in [0.29, 0.717) is 11.5 Å². The highest BCUT2D eigenvalue weighted by Gasteiger charge is 2.22. The van der Waals surface area contributed by atoms with Crippen molar-refractivity contribution in [2.24, 2.45) is 5.92 Å². The highest BCUT2D eigenvalue weighted by Crippen LogP contribution is 2.22. The van der Waals surface area contributed by atoms with Gasteiger partial charge in [-0.3, -0.25) is 9.48 Å². The molecule has 1 atom stereocenters. The zero-order valence-corrected chi connectivity index (χ0v) is 15.6. The number of amides is 1. The summed E-state index contributed by atoms with van der Waals surface area (Å²) < 4.78 is 7.57. The minimum Gasteiger partial charge on any atom is -0.464 e. The summed E-state index contributed by atoms with van der Waals surface area (Å²) in [7, 11) is 0. The largest absolute Gasteiger partial charge is 0.464 e. The number of furan rings is 1. The second kappa shape index (κ2) is 7.69. The number of carbonyl (C=O) groups excluding carboxylic acids is 1. The Hall–Kier alpha value is -2.04. The van der Waals surface area contributed by atoms with Crippen LogP contribution in [0.4, 0.5) is 0 Å². The number of hydrogen-bond acceptors (Lipinski definition) is 3. The van der Waals surface area contributed by atoms with Gasteiger partial charge in [-0.05, 0) is 44.2 Å². The van der Waals surface area contributed by atoms with Gasteiger partial charge in [0.15, 0.2) is 0 Å². The molecule has 2 rings (SSSR count). The molecule has 1 amide bonds. The maximum Gasteiger partial charge on any atom is 0.255 e. The van der Waals surface area contributed by atoms with Crippen LogP contribution < -0.4 is 5.32 Å². The summed E-state index contributed by atoms with van der Waals surface area (Å²) in [5.41, 5.74) is 1.65. The van der Waals surface area contributed by atoms with Gasteiger partial charge in [0.1, 0.15) is 11.5 Å². The van der Waals surface area contributed by atoms with E-state index in [4.69, 9.17) is 4.42 Å². The third-order valence-electron chi connectivity index (χ3n) is 4.13. The van der Waals surface area contributed by atoms with Crippen molar-refractivity contribution in [3.8, 4) is 0 Å². The van der Waals surface area contributed by atoms with E-state index in [1.165, 1.54) is 0 Å². The van der Waals surface area contributed by atoms with Gasteiger partial charge in [0, 0.05) is 6.54 Å². The number of carbonyl (C=O) groups is 1. The first-order chi connectivity index (χ1) is 11.3. The van der Waals surface area contributed by atoms with Crippen molar-refractivity contribution in [3.05, 3.63) is 41.1 Å². The fraction of sp³-hybridized carbons (Fsp3) is 0.579. The molecule has 0 fully saturated rings. The first-order valence-corrected chi connectivity index (χ1v) is 8.72. The summed E-state index contributed by atoms with van der Waals surface area (Å²) in [4.78, 5) is 12.7. The number of rotatable bonds is 7. The van der Waals surface area contributed by atoms with E-state index >= 15 is 0 Å². The summed E-state index contributed by atoms with van der Waals surface area (Å²) in [5.74, 6) is 2.35. The standard InChI is InChI=1S/C19H29N3O2/c1-12(2)9-10-22-18(13(3)4)16(11-20-22)19(23)21-15(6)17-8-7-14(5)24-17/h7-8,11-13,15H,9-10H2,1-6H3,(H,21,23). The van der Waals surface area contributed by atoms with Crippen LogP contribution >= 0.6 is 0 Å². The molecule has 0 aliphatic heterocycles. The molecule has 0 bridgehead atoms. The van der Waals surface area contributed by atoms with Crippen LogP contribution in [0.5, 0.6) is 0 Å². The monoisotopic (exact) mass is 331 g/mol. The number of hydrogen-bond donors (Lipinski definition) is 1. The molecule has 5 nitrogen and oxygen atoms in total. The molecule has 1 N–H and O–H groups in total. The summed E-state index contributed by atoms with van der Waals surface area (Å²) in [6.07, 6.45) is 2.73. The fourth-order valence-electron chi connectivity index (χ4n) is 2.77. The molecule has 0 aliphatic rings. The zero-order valence-electron chi connectivity index (χ0n) is 15.6. The van der Waals surface area contributed by atoms with E-state index in [-0.39, 0.29) is 17.9 Å². The minimum atomic E-state index is -0.176. The molecule has 2 aromatic heterocycles. The Morgan fingerprint density at radius 2 is 1.96 bits per heavy atom. The molecule has 2 heterocycles. The Kier molecular flexibility index (Phi) is 5.86. The van der Waals surface area contributed by atoms with Crippen molar-refractivity contribution in [3.63, 3.8) is 0 Å².